The summed E-state index contributed by atoms with van der Waals surface area (Å²) in [6, 6.07) is 16.7. The van der Waals surface area contributed by atoms with Crippen molar-refractivity contribution in [2.45, 2.75) is 59.0 Å². The van der Waals surface area contributed by atoms with E-state index in [-0.39, 0.29) is 5.91 Å². The second kappa shape index (κ2) is 15.1. The van der Waals surface area contributed by atoms with Crippen LogP contribution in [0.2, 0.25) is 0 Å². The standard InChI is InChI=1S/C29H41N5O/c1-3-18-34(19-4-2)20-6-5-15-30-22-26-9-7-24(8-10-26)21-25-11-13-27(14-12-25)29(35)33-23-28-31-16-17-32-28/h7-14,16-17,30H,3-6,15,18-23H2,1-2H3,(H,31,32)(H,33,35). The number of H-pyrrole nitrogens is 1. The molecular formula is C29H41N5O. The zero-order valence-electron chi connectivity index (χ0n) is 21.4. The Morgan fingerprint density at radius 1 is 0.857 bits per heavy atom. The molecule has 0 fully saturated rings. The number of benzene rings is 2. The summed E-state index contributed by atoms with van der Waals surface area (Å²) in [5.74, 6) is 0.652. The first-order chi connectivity index (χ1) is 17.2. The minimum Gasteiger partial charge on any atom is -0.347 e. The molecule has 6 heteroatoms. The lowest BCUT2D eigenvalue weighted by molar-refractivity contribution is 0.0950. The van der Waals surface area contributed by atoms with E-state index in [4.69, 9.17) is 0 Å². The molecule has 35 heavy (non-hydrogen) atoms. The minimum absolute atomic E-state index is 0.0935. The van der Waals surface area contributed by atoms with Crippen LogP contribution in [-0.2, 0) is 19.5 Å². The fourth-order valence-electron chi connectivity index (χ4n) is 4.23. The smallest absolute Gasteiger partial charge is 0.251 e. The van der Waals surface area contributed by atoms with E-state index in [1.807, 2.05) is 24.3 Å². The van der Waals surface area contributed by atoms with Gasteiger partial charge < -0.3 is 20.5 Å². The fraction of sp³-hybridized carbons (Fsp3) is 0.448. The van der Waals surface area contributed by atoms with Crippen LogP contribution in [0.4, 0.5) is 0 Å². The molecule has 0 aliphatic carbocycles. The quantitative estimate of drug-likeness (QED) is 0.257. The summed E-state index contributed by atoms with van der Waals surface area (Å²) in [7, 11) is 0. The average Bonchev–Trinajstić information content (AvgIpc) is 3.40. The summed E-state index contributed by atoms with van der Waals surface area (Å²) in [4.78, 5) is 22.0. The second-order valence-electron chi connectivity index (χ2n) is 9.13. The van der Waals surface area contributed by atoms with Crippen molar-refractivity contribution in [1.82, 2.24) is 25.5 Å². The molecule has 0 spiro atoms. The summed E-state index contributed by atoms with van der Waals surface area (Å²) in [6.45, 7) is 10.6. The molecule has 3 rings (SSSR count). The third-order valence-corrected chi connectivity index (χ3v) is 6.11. The van der Waals surface area contributed by atoms with Gasteiger partial charge in [0.05, 0.1) is 6.54 Å². The van der Waals surface area contributed by atoms with Crippen LogP contribution in [0.25, 0.3) is 0 Å². The highest BCUT2D eigenvalue weighted by Gasteiger charge is 2.07. The maximum absolute atomic E-state index is 12.3. The Kier molecular flexibility index (Phi) is 11.5. The van der Waals surface area contributed by atoms with Crippen LogP contribution < -0.4 is 10.6 Å². The van der Waals surface area contributed by atoms with Gasteiger partial charge >= 0.3 is 0 Å². The van der Waals surface area contributed by atoms with E-state index in [0.717, 1.165) is 25.3 Å². The first-order valence-corrected chi connectivity index (χ1v) is 13.0. The van der Waals surface area contributed by atoms with Gasteiger partial charge in [-0.15, -0.1) is 0 Å². The van der Waals surface area contributed by atoms with E-state index in [2.05, 4.69) is 63.6 Å². The van der Waals surface area contributed by atoms with E-state index in [1.54, 1.807) is 12.4 Å². The number of amides is 1. The lowest BCUT2D eigenvalue weighted by Gasteiger charge is -2.20. The van der Waals surface area contributed by atoms with Crippen molar-refractivity contribution in [3.05, 3.63) is 89.0 Å². The maximum Gasteiger partial charge on any atom is 0.251 e. The number of aromatic amines is 1. The van der Waals surface area contributed by atoms with Crippen molar-refractivity contribution in [2.24, 2.45) is 0 Å². The predicted octanol–water partition coefficient (Wildman–Crippen LogP) is 4.92. The second-order valence-corrected chi connectivity index (χ2v) is 9.13. The van der Waals surface area contributed by atoms with Crippen LogP contribution in [-0.4, -0.2) is 47.0 Å². The van der Waals surface area contributed by atoms with Gasteiger partial charge in [0.25, 0.3) is 5.91 Å². The van der Waals surface area contributed by atoms with Gasteiger partial charge in [-0.2, -0.15) is 0 Å². The number of hydrogen-bond acceptors (Lipinski definition) is 4. The van der Waals surface area contributed by atoms with Gasteiger partial charge in [-0.05, 0) is 87.1 Å². The summed E-state index contributed by atoms with van der Waals surface area (Å²) < 4.78 is 0. The number of imidazole rings is 1. The summed E-state index contributed by atoms with van der Waals surface area (Å²) in [6.07, 6.45) is 9.24. The molecule has 3 N–H and O–H groups in total. The van der Waals surface area contributed by atoms with Crippen molar-refractivity contribution in [3.63, 3.8) is 0 Å². The van der Waals surface area contributed by atoms with Gasteiger partial charge in [0.1, 0.15) is 5.82 Å². The Morgan fingerprint density at radius 2 is 1.51 bits per heavy atom. The lowest BCUT2D eigenvalue weighted by atomic mass is 10.0. The molecule has 0 atom stereocenters. The first-order valence-electron chi connectivity index (χ1n) is 13.0. The molecule has 0 radical (unpaired) electrons. The van der Waals surface area contributed by atoms with Crippen LogP contribution in [0.15, 0.2) is 60.9 Å². The number of nitrogens with one attached hydrogen (secondary N) is 3. The van der Waals surface area contributed by atoms with Gasteiger partial charge in [-0.25, -0.2) is 4.98 Å². The lowest BCUT2D eigenvalue weighted by Crippen LogP contribution is -2.27. The minimum atomic E-state index is -0.0935. The normalized spacial score (nSPS) is 11.2. The molecule has 0 saturated heterocycles. The molecule has 6 nitrogen and oxygen atoms in total. The highest BCUT2D eigenvalue weighted by molar-refractivity contribution is 5.94. The number of unbranched alkanes of at least 4 members (excludes halogenated alkanes) is 1. The Balaban J connectivity index is 1.35. The molecule has 1 amide bonds. The molecule has 1 aromatic heterocycles. The van der Waals surface area contributed by atoms with Gasteiger partial charge in [-0.3, -0.25) is 4.79 Å². The van der Waals surface area contributed by atoms with Crippen molar-refractivity contribution < 1.29 is 4.79 Å². The third kappa shape index (κ3) is 9.67. The van der Waals surface area contributed by atoms with Gasteiger partial charge in [0, 0.05) is 24.5 Å². The van der Waals surface area contributed by atoms with E-state index in [1.165, 1.54) is 62.0 Å². The Hall–Kier alpha value is -2.96. The summed E-state index contributed by atoms with van der Waals surface area (Å²) >= 11 is 0. The average molecular weight is 476 g/mol. The molecule has 0 aliphatic heterocycles. The van der Waals surface area contributed by atoms with E-state index in [0.29, 0.717) is 12.1 Å². The third-order valence-electron chi connectivity index (χ3n) is 6.11. The topological polar surface area (TPSA) is 73.1 Å². The summed E-state index contributed by atoms with van der Waals surface area (Å²) in [5, 5.41) is 6.46. The van der Waals surface area contributed by atoms with Crippen molar-refractivity contribution in [3.8, 4) is 0 Å². The molecule has 3 aromatic rings. The Morgan fingerprint density at radius 3 is 2.14 bits per heavy atom. The van der Waals surface area contributed by atoms with E-state index in [9.17, 15) is 4.79 Å². The Bertz CT molecular complexity index is 961. The molecule has 0 bridgehead atoms. The van der Waals surface area contributed by atoms with Crippen LogP contribution >= 0.6 is 0 Å². The van der Waals surface area contributed by atoms with Crippen LogP contribution in [0, 0.1) is 0 Å². The first kappa shape index (κ1) is 26.6. The zero-order valence-corrected chi connectivity index (χ0v) is 21.4. The van der Waals surface area contributed by atoms with Crippen molar-refractivity contribution in [1.29, 1.82) is 0 Å². The monoisotopic (exact) mass is 475 g/mol. The highest BCUT2D eigenvalue weighted by atomic mass is 16.1. The molecule has 188 valence electrons. The fourth-order valence-corrected chi connectivity index (χ4v) is 4.23. The van der Waals surface area contributed by atoms with E-state index >= 15 is 0 Å². The van der Waals surface area contributed by atoms with Crippen LogP contribution in [0.1, 0.15) is 72.4 Å². The molecule has 1 heterocycles. The predicted molar refractivity (Wildman–Crippen MR) is 143 cm³/mol. The molecule has 0 unspecified atom stereocenters. The number of rotatable bonds is 16. The number of nitrogens with zero attached hydrogens (tertiary/aromatic N) is 2. The van der Waals surface area contributed by atoms with Crippen molar-refractivity contribution >= 4 is 5.91 Å². The molecule has 0 saturated carbocycles. The number of hydrogen-bond donors (Lipinski definition) is 3. The summed E-state index contributed by atoms with van der Waals surface area (Å²) in [5.41, 5.74) is 4.44. The molecule has 2 aromatic carbocycles. The number of carbonyl (C=O) groups is 1. The van der Waals surface area contributed by atoms with Crippen LogP contribution in [0.5, 0.6) is 0 Å². The van der Waals surface area contributed by atoms with Gasteiger partial charge in [0.2, 0.25) is 0 Å². The molecular weight excluding hydrogens is 434 g/mol. The zero-order chi connectivity index (χ0) is 24.7. The SMILES string of the molecule is CCCN(CCC)CCCCNCc1ccc(Cc2ccc(C(=O)NCc3ncc[nH]3)cc2)cc1. The highest BCUT2D eigenvalue weighted by Crippen LogP contribution is 2.13. The largest absolute Gasteiger partial charge is 0.347 e. The Labute approximate surface area is 210 Å². The number of carbonyl (C=O) groups excluding carboxylic acids is 1. The van der Waals surface area contributed by atoms with Crippen molar-refractivity contribution in [2.75, 3.05) is 26.2 Å². The van der Waals surface area contributed by atoms with Gasteiger partial charge in [-0.1, -0.05) is 50.2 Å². The van der Waals surface area contributed by atoms with Crippen LogP contribution in [0.3, 0.4) is 0 Å². The van der Waals surface area contributed by atoms with E-state index < -0.39 is 0 Å². The maximum atomic E-state index is 12.3. The number of aromatic nitrogens is 2. The van der Waals surface area contributed by atoms with Gasteiger partial charge in [0.15, 0.2) is 0 Å². The molecule has 0 aliphatic rings.